The van der Waals surface area contributed by atoms with Gasteiger partial charge in [0.25, 0.3) is 11.3 Å². The minimum Gasteiger partial charge on any atom is -0.462 e. The van der Waals surface area contributed by atoms with E-state index in [1.54, 1.807) is 42.5 Å². The lowest BCUT2D eigenvalue weighted by Gasteiger charge is -2.20. The number of nitrogens with zero attached hydrogens (tertiary/aromatic N) is 1. The van der Waals surface area contributed by atoms with Crippen molar-refractivity contribution in [2.75, 3.05) is 18.5 Å². The molecule has 0 aliphatic rings. The van der Waals surface area contributed by atoms with Gasteiger partial charge in [0.2, 0.25) is 0 Å². The number of benzene rings is 2. The number of hydrogen-bond acceptors (Lipinski definition) is 8. The number of anilines is 1. The van der Waals surface area contributed by atoms with Crippen molar-refractivity contribution in [1.82, 2.24) is 0 Å². The number of carbonyl (C=O) groups is 2. The van der Waals surface area contributed by atoms with E-state index < -0.39 is 23.3 Å². The Balaban J connectivity index is 2.00. The molecule has 9 nitrogen and oxygen atoms in total. The molecule has 0 amide bonds. The van der Waals surface area contributed by atoms with E-state index >= 15 is 0 Å². The lowest BCUT2D eigenvalue weighted by molar-refractivity contribution is -0.757. The minimum atomic E-state index is -1.50. The van der Waals surface area contributed by atoms with Crippen LogP contribution in [0.2, 0.25) is 10.0 Å². The Morgan fingerprint density at radius 3 is 2.29 bits per heavy atom. The second-order valence-electron chi connectivity index (χ2n) is 6.20. The molecule has 2 aromatic rings. The molecular weight excluding hydrogens is 451 g/mol. The Labute approximate surface area is 188 Å². The van der Waals surface area contributed by atoms with E-state index in [0.717, 1.165) is 0 Å². The van der Waals surface area contributed by atoms with Crippen LogP contribution in [0.3, 0.4) is 0 Å². The molecule has 0 spiro atoms. The highest BCUT2D eigenvalue weighted by atomic mass is 35.5. The fourth-order valence-electron chi connectivity index (χ4n) is 2.43. The molecule has 0 heterocycles. The third kappa shape index (κ3) is 8.69. The minimum absolute atomic E-state index is 0.0510. The zero-order valence-corrected chi connectivity index (χ0v) is 17.8. The van der Waals surface area contributed by atoms with E-state index in [-0.39, 0.29) is 35.4 Å². The summed E-state index contributed by atoms with van der Waals surface area (Å²) in [6.45, 7) is -0.169. The van der Waals surface area contributed by atoms with Gasteiger partial charge in [-0.3, -0.25) is 4.79 Å². The average molecular weight is 471 g/mol. The van der Waals surface area contributed by atoms with Crippen molar-refractivity contribution in [2.45, 2.75) is 25.5 Å². The molecular formula is C20H20Cl2N2O7. The second kappa shape index (κ2) is 12.6. The number of esters is 2. The van der Waals surface area contributed by atoms with E-state index in [2.05, 4.69) is 10.2 Å². The van der Waals surface area contributed by atoms with Crippen LogP contribution in [0, 0.1) is 10.1 Å². The van der Waals surface area contributed by atoms with Crippen LogP contribution in [0.5, 0.6) is 0 Å². The maximum Gasteiger partial charge on any atom is 0.369 e. The van der Waals surface area contributed by atoms with Crippen LogP contribution in [0.1, 0.15) is 18.4 Å². The summed E-state index contributed by atoms with van der Waals surface area (Å²) in [4.78, 5) is 39.2. The third-order valence-electron chi connectivity index (χ3n) is 3.87. The number of carbonyl (C=O) groups excluding carboxylic acids is 2. The number of para-hydroxylation sites is 1. The molecule has 0 radical (unpaired) electrons. The SMILES string of the molecule is O=C(Cc1ccccc1)OC(Nc1c(Cl)cccc1Cl)C(=O)OCCCCO[N+](=O)[O-]. The van der Waals surface area contributed by atoms with Crippen molar-refractivity contribution in [2.24, 2.45) is 0 Å². The molecule has 0 saturated carbocycles. The third-order valence-corrected chi connectivity index (χ3v) is 4.50. The number of nitrogens with one attached hydrogen (secondary N) is 1. The summed E-state index contributed by atoms with van der Waals surface area (Å²) in [5, 5.41) is 12.4. The summed E-state index contributed by atoms with van der Waals surface area (Å²) >= 11 is 12.2. The molecule has 0 aromatic heterocycles. The monoisotopic (exact) mass is 470 g/mol. The first-order chi connectivity index (χ1) is 14.9. The van der Waals surface area contributed by atoms with Crippen LogP contribution in [-0.4, -0.2) is 36.5 Å². The summed E-state index contributed by atoms with van der Waals surface area (Å²) < 4.78 is 10.4. The van der Waals surface area contributed by atoms with E-state index in [9.17, 15) is 19.7 Å². The van der Waals surface area contributed by atoms with Crippen LogP contribution in [0.25, 0.3) is 0 Å². The van der Waals surface area contributed by atoms with Gasteiger partial charge in [0.1, 0.15) is 0 Å². The second-order valence-corrected chi connectivity index (χ2v) is 7.02. The zero-order chi connectivity index (χ0) is 22.6. The Morgan fingerprint density at radius 1 is 1.00 bits per heavy atom. The molecule has 2 aromatic carbocycles. The summed E-state index contributed by atoms with van der Waals surface area (Å²) in [5.74, 6) is -1.53. The topological polar surface area (TPSA) is 117 Å². The number of hydrogen-bond donors (Lipinski definition) is 1. The number of halogens is 2. The number of rotatable bonds is 12. The molecule has 0 aliphatic heterocycles. The number of unbranched alkanes of at least 4 members (excludes halogenated alkanes) is 1. The van der Waals surface area contributed by atoms with Gasteiger partial charge in [0.15, 0.2) is 0 Å². The molecule has 0 saturated heterocycles. The van der Waals surface area contributed by atoms with Crippen LogP contribution in [-0.2, 0) is 30.3 Å². The van der Waals surface area contributed by atoms with Gasteiger partial charge >= 0.3 is 11.9 Å². The Morgan fingerprint density at radius 2 is 1.65 bits per heavy atom. The van der Waals surface area contributed by atoms with E-state index in [0.29, 0.717) is 18.4 Å². The molecule has 11 heteroatoms. The maximum absolute atomic E-state index is 12.5. The van der Waals surface area contributed by atoms with Gasteiger partial charge in [0, 0.05) is 0 Å². The molecule has 0 bridgehead atoms. The zero-order valence-electron chi connectivity index (χ0n) is 16.3. The van der Waals surface area contributed by atoms with Gasteiger partial charge < -0.3 is 19.6 Å². The van der Waals surface area contributed by atoms with Crippen LogP contribution < -0.4 is 5.32 Å². The van der Waals surface area contributed by atoms with Gasteiger partial charge in [-0.1, -0.05) is 59.6 Å². The predicted octanol–water partition coefficient (Wildman–Crippen LogP) is 4.05. The summed E-state index contributed by atoms with van der Waals surface area (Å²) in [6, 6.07) is 13.6. The molecule has 31 heavy (non-hydrogen) atoms. The normalized spacial score (nSPS) is 11.3. The van der Waals surface area contributed by atoms with Gasteiger partial charge in [0.05, 0.1) is 35.4 Å². The highest BCUT2D eigenvalue weighted by Crippen LogP contribution is 2.30. The first-order valence-corrected chi connectivity index (χ1v) is 10.0. The summed E-state index contributed by atoms with van der Waals surface area (Å²) in [6.07, 6.45) is -0.933. The molecule has 2 rings (SSSR count). The van der Waals surface area contributed by atoms with Crippen LogP contribution in [0.15, 0.2) is 48.5 Å². The van der Waals surface area contributed by atoms with Crippen molar-refractivity contribution in [3.05, 3.63) is 74.3 Å². The van der Waals surface area contributed by atoms with Crippen molar-refractivity contribution in [3.63, 3.8) is 0 Å². The van der Waals surface area contributed by atoms with Gasteiger partial charge in [-0.25, -0.2) is 4.79 Å². The largest absolute Gasteiger partial charge is 0.462 e. The highest BCUT2D eigenvalue weighted by Gasteiger charge is 2.26. The van der Waals surface area contributed by atoms with Crippen molar-refractivity contribution in [3.8, 4) is 0 Å². The summed E-state index contributed by atoms with van der Waals surface area (Å²) in [5.41, 5.74) is 0.917. The fourth-order valence-corrected chi connectivity index (χ4v) is 2.94. The first-order valence-electron chi connectivity index (χ1n) is 9.24. The standard InChI is InChI=1S/C20H20Cl2N2O7/c21-15-9-6-10-16(22)18(15)23-19(20(26)29-11-4-5-12-30-24(27)28)31-17(25)13-14-7-2-1-3-8-14/h1-3,6-10,19,23H,4-5,11-13H2. The van der Waals surface area contributed by atoms with Crippen LogP contribution >= 0.6 is 23.2 Å². The predicted molar refractivity (Wildman–Crippen MR) is 113 cm³/mol. The van der Waals surface area contributed by atoms with Crippen LogP contribution in [0.4, 0.5) is 5.69 Å². The molecule has 0 aliphatic carbocycles. The molecule has 1 atom stereocenters. The van der Waals surface area contributed by atoms with Gasteiger partial charge in [-0.2, -0.15) is 0 Å². The summed E-state index contributed by atoms with van der Waals surface area (Å²) in [7, 11) is 0. The van der Waals surface area contributed by atoms with Crippen molar-refractivity contribution >= 4 is 40.8 Å². The average Bonchev–Trinajstić information content (AvgIpc) is 2.72. The molecule has 166 valence electrons. The van der Waals surface area contributed by atoms with Crippen molar-refractivity contribution in [1.29, 1.82) is 0 Å². The van der Waals surface area contributed by atoms with Gasteiger partial charge in [-0.05, 0) is 30.5 Å². The smallest absolute Gasteiger partial charge is 0.369 e. The Kier molecular flexibility index (Phi) is 9.86. The van der Waals surface area contributed by atoms with Gasteiger partial charge in [-0.15, -0.1) is 10.1 Å². The lowest BCUT2D eigenvalue weighted by Crippen LogP contribution is -2.37. The van der Waals surface area contributed by atoms with E-state index in [1.807, 2.05) is 6.07 Å². The molecule has 0 fully saturated rings. The van der Waals surface area contributed by atoms with E-state index in [1.165, 1.54) is 0 Å². The van der Waals surface area contributed by atoms with E-state index in [4.69, 9.17) is 32.7 Å². The maximum atomic E-state index is 12.5. The quantitative estimate of drug-likeness (QED) is 0.162. The molecule has 1 unspecified atom stereocenters. The fraction of sp³-hybridized carbons (Fsp3) is 0.300. The Hall–Kier alpha value is -3.04. The highest BCUT2D eigenvalue weighted by molar-refractivity contribution is 6.39. The van der Waals surface area contributed by atoms with Crippen molar-refractivity contribution < 1.29 is 29.0 Å². The first kappa shape index (κ1) is 24.2. The number of ether oxygens (including phenoxy) is 2. The Bertz CT molecular complexity index is 876. The lowest BCUT2D eigenvalue weighted by atomic mass is 10.2. The molecule has 1 N–H and O–H groups in total.